The second-order valence-corrected chi connectivity index (χ2v) is 6.60. The van der Waals surface area contributed by atoms with Crippen LogP contribution in [0.5, 0.6) is 5.75 Å². The number of amides is 1. The first-order valence-electron chi connectivity index (χ1n) is 8.72. The van der Waals surface area contributed by atoms with Gasteiger partial charge in [0.05, 0.1) is 24.4 Å². The highest BCUT2D eigenvalue weighted by atomic mass is 16.5. The highest BCUT2D eigenvalue weighted by Gasteiger charge is 2.24. The number of anilines is 1. The molecule has 6 heteroatoms. The van der Waals surface area contributed by atoms with Crippen LogP contribution in [0.15, 0.2) is 45.3 Å². The Morgan fingerprint density at radius 1 is 1.15 bits per heavy atom. The summed E-state index contributed by atoms with van der Waals surface area (Å²) in [5.41, 5.74) is 3.57. The number of para-hydroxylation sites is 1. The monoisotopic (exact) mass is 364 g/mol. The lowest BCUT2D eigenvalue weighted by molar-refractivity contribution is -0.117. The van der Waals surface area contributed by atoms with Gasteiger partial charge in [0.2, 0.25) is 5.91 Å². The lowest BCUT2D eigenvalue weighted by Crippen LogP contribution is -2.20. The van der Waals surface area contributed by atoms with Crippen molar-refractivity contribution in [3.63, 3.8) is 0 Å². The van der Waals surface area contributed by atoms with Gasteiger partial charge >= 0.3 is 0 Å². The first kappa shape index (κ1) is 17.1. The summed E-state index contributed by atoms with van der Waals surface area (Å²) in [6, 6.07) is 11.5. The molecule has 1 unspecified atom stereocenters. The van der Waals surface area contributed by atoms with Crippen LogP contribution in [-0.2, 0) is 4.79 Å². The van der Waals surface area contributed by atoms with Gasteiger partial charge in [-0.3, -0.25) is 4.79 Å². The van der Waals surface area contributed by atoms with Gasteiger partial charge in [0, 0.05) is 22.4 Å². The number of fused-ring (bicyclic) bond motifs is 3. The van der Waals surface area contributed by atoms with Gasteiger partial charge in [-0.1, -0.05) is 23.4 Å². The maximum atomic E-state index is 12.8. The number of aromatic nitrogens is 1. The molecule has 0 fully saturated rings. The molecule has 0 aliphatic rings. The van der Waals surface area contributed by atoms with Crippen LogP contribution in [0.2, 0.25) is 0 Å². The number of nitrogens with zero attached hydrogens (tertiary/aromatic N) is 1. The normalized spacial score (nSPS) is 12.4. The highest BCUT2D eigenvalue weighted by molar-refractivity contribution is 6.08. The van der Waals surface area contributed by atoms with Crippen LogP contribution in [0, 0.1) is 13.8 Å². The van der Waals surface area contributed by atoms with Gasteiger partial charge in [-0.25, -0.2) is 0 Å². The molecule has 0 spiro atoms. The van der Waals surface area contributed by atoms with Gasteiger partial charge < -0.3 is 19.0 Å². The molecule has 2 aromatic heterocycles. The lowest BCUT2D eigenvalue weighted by atomic mass is 9.98. The van der Waals surface area contributed by atoms with Crippen molar-refractivity contribution in [2.45, 2.75) is 26.7 Å². The average Bonchev–Trinajstić information content (AvgIpc) is 3.19. The minimum Gasteiger partial charge on any atom is -0.495 e. The van der Waals surface area contributed by atoms with Gasteiger partial charge in [-0.05, 0) is 32.9 Å². The van der Waals surface area contributed by atoms with E-state index in [4.69, 9.17) is 13.7 Å². The fraction of sp³-hybridized carbons (Fsp3) is 0.238. The SMILES string of the molecule is COc1cc2c(cc1NC(=O)C(C)c1c(C)noc1C)oc1ccccc12. The van der Waals surface area contributed by atoms with E-state index >= 15 is 0 Å². The summed E-state index contributed by atoms with van der Waals surface area (Å²) in [5.74, 6) is 0.647. The van der Waals surface area contributed by atoms with E-state index in [9.17, 15) is 4.79 Å². The number of carbonyl (C=O) groups is 1. The number of rotatable bonds is 4. The van der Waals surface area contributed by atoms with Crippen LogP contribution in [0.25, 0.3) is 21.9 Å². The zero-order chi connectivity index (χ0) is 19.1. The number of carbonyl (C=O) groups excluding carboxylic acids is 1. The second-order valence-electron chi connectivity index (χ2n) is 6.60. The number of methoxy groups -OCH3 is 1. The predicted octanol–water partition coefficient (Wildman–Crippen LogP) is 4.94. The molecule has 0 saturated heterocycles. The van der Waals surface area contributed by atoms with Crippen LogP contribution in [-0.4, -0.2) is 18.2 Å². The molecule has 1 atom stereocenters. The number of furan rings is 1. The van der Waals surface area contributed by atoms with Crippen molar-refractivity contribution in [3.05, 3.63) is 53.4 Å². The van der Waals surface area contributed by atoms with Crippen molar-refractivity contribution in [3.8, 4) is 5.75 Å². The van der Waals surface area contributed by atoms with Gasteiger partial charge in [-0.2, -0.15) is 0 Å². The van der Waals surface area contributed by atoms with Gasteiger partial charge in [0.15, 0.2) is 0 Å². The van der Waals surface area contributed by atoms with E-state index in [0.29, 0.717) is 22.8 Å². The Bertz CT molecular complexity index is 1140. The third-order valence-corrected chi connectivity index (χ3v) is 4.87. The molecule has 27 heavy (non-hydrogen) atoms. The minimum atomic E-state index is -0.410. The van der Waals surface area contributed by atoms with E-state index in [1.54, 1.807) is 20.1 Å². The Morgan fingerprint density at radius 2 is 1.93 bits per heavy atom. The van der Waals surface area contributed by atoms with E-state index in [2.05, 4.69) is 10.5 Å². The van der Waals surface area contributed by atoms with Crippen molar-refractivity contribution in [2.75, 3.05) is 12.4 Å². The Labute approximate surface area is 156 Å². The number of benzene rings is 2. The van der Waals surface area contributed by atoms with Crippen LogP contribution in [0.1, 0.15) is 29.9 Å². The van der Waals surface area contributed by atoms with Gasteiger partial charge in [0.25, 0.3) is 0 Å². The lowest BCUT2D eigenvalue weighted by Gasteiger charge is -2.14. The molecule has 4 rings (SSSR count). The first-order valence-corrected chi connectivity index (χ1v) is 8.72. The van der Waals surface area contributed by atoms with E-state index in [1.165, 1.54) is 0 Å². The summed E-state index contributed by atoms with van der Waals surface area (Å²) < 4.78 is 16.6. The van der Waals surface area contributed by atoms with Crippen molar-refractivity contribution >= 4 is 33.5 Å². The quantitative estimate of drug-likeness (QED) is 0.555. The largest absolute Gasteiger partial charge is 0.495 e. The average molecular weight is 364 g/mol. The topological polar surface area (TPSA) is 77.5 Å². The molecule has 138 valence electrons. The minimum absolute atomic E-state index is 0.168. The molecule has 6 nitrogen and oxygen atoms in total. The summed E-state index contributed by atoms with van der Waals surface area (Å²) in [7, 11) is 1.58. The summed E-state index contributed by atoms with van der Waals surface area (Å²) in [4.78, 5) is 12.8. The molecule has 2 aromatic carbocycles. The number of aryl methyl sites for hydroxylation is 2. The molecule has 1 amide bonds. The zero-order valence-corrected chi connectivity index (χ0v) is 15.6. The van der Waals surface area contributed by atoms with E-state index in [1.807, 2.05) is 44.2 Å². The molecular weight excluding hydrogens is 344 g/mol. The van der Waals surface area contributed by atoms with Gasteiger partial charge in [-0.15, -0.1) is 0 Å². The Kier molecular flexibility index (Phi) is 4.11. The fourth-order valence-corrected chi connectivity index (χ4v) is 3.50. The maximum absolute atomic E-state index is 12.8. The van der Waals surface area contributed by atoms with E-state index in [0.717, 1.165) is 27.6 Å². The molecule has 0 aliphatic carbocycles. The molecule has 0 radical (unpaired) electrons. The summed E-state index contributed by atoms with van der Waals surface area (Å²) in [6.07, 6.45) is 0. The molecular formula is C21H20N2O4. The second kappa shape index (κ2) is 6.46. The van der Waals surface area contributed by atoms with Crippen LogP contribution in [0.3, 0.4) is 0 Å². The van der Waals surface area contributed by atoms with Crippen molar-refractivity contribution < 1.29 is 18.5 Å². The number of nitrogens with one attached hydrogen (secondary N) is 1. The molecule has 1 N–H and O–H groups in total. The van der Waals surface area contributed by atoms with Crippen LogP contribution in [0.4, 0.5) is 5.69 Å². The number of hydrogen-bond donors (Lipinski definition) is 1. The maximum Gasteiger partial charge on any atom is 0.231 e. The molecule has 4 aromatic rings. The number of ether oxygens (including phenoxy) is 1. The standard InChI is InChI=1S/C21H20N2O4/c1-11(20-12(2)23-27-13(20)3)21(24)22-16-10-18-15(9-19(16)25-4)14-7-5-6-8-17(14)26-18/h5-11H,1-4H3,(H,22,24). The predicted molar refractivity (Wildman–Crippen MR) is 103 cm³/mol. The zero-order valence-electron chi connectivity index (χ0n) is 15.6. The molecule has 2 heterocycles. The Balaban J connectivity index is 1.72. The van der Waals surface area contributed by atoms with Crippen molar-refractivity contribution in [1.29, 1.82) is 0 Å². The van der Waals surface area contributed by atoms with Crippen LogP contribution < -0.4 is 10.1 Å². The summed E-state index contributed by atoms with van der Waals surface area (Å²) in [5, 5.41) is 8.83. The third-order valence-electron chi connectivity index (χ3n) is 4.87. The summed E-state index contributed by atoms with van der Waals surface area (Å²) in [6.45, 7) is 5.46. The molecule has 0 aliphatic heterocycles. The van der Waals surface area contributed by atoms with Crippen LogP contribution >= 0.6 is 0 Å². The molecule has 0 bridgehead atoms. The summed E-state index contributed by atoms with van der Waals surface area (Å²) >= 11 is 0. The first-order chi connectivity index (χ1) is 13.0. The van der Waals surface area contributed by atoms with Gasteiger partial charge in [0.1, 0.15) is 22.7 Å². The van der Waals surface area contributed by atoms with Crippen molar-refractivity contribution in [1.82, 2.24) is 5.16 Å². The Morgan fingerprint density at radius 3 is 2.63 bits per heavy atom. The smallest absolute Gasteiger partial charge is 0.231 e. The van der Waals surface area contributed by atoms with E-state index < -0.39 is 5.92 Å². The number of hydrogen-bond acceptors (Lipinski definition) is 5. The van der Waals surface area contributed by atoms with E-state index in [-0.39, 0.29) is 5.91 Å². The Hall–Kier alpha value is -3.28. The third kappa shape index (κ3) is 2.83. The molecule has 0 saturated carbocycles. The van der Waals surface area contributed by atoms with Crippen molar-refractivity contribution in [2.24, 2.45) is 0 Å². The highest BCUT2D eigenvalue weighted by Crippen LogP contribution is 2.37. The fourth-order valence-electron chi connectivity index (χ4n) is 3.50.